The van der Waals surface area contributed by atoms with Crippen LogP contribution < -0.4 is 0 Å². The Morgan fingerprint density at radius 3 is 2.57 bits per heavy atom. The molecular weight excluding hydrogens is 327 g/mol. The van der Waals surface area contributed by atoms with E-state index >= 15 is 0 Å². The van der Waals surface area contributed by atoms with Gasteiger partial charge in [-0.15, -0.1) is 16.4 Å². The summed E-state index contributed by atoms with van der Waals surface area (Å²) in [6.45, 7) is 0.339. The highest BCUT2D eigenvalue weighted by Crippen LogP contribution is 2.31. The zero-order valence-corrected chi connectivity index (χ0v) is 12.3. The summed E-state index contributed by atoms with van der Waals surface area (Å²) in [4.78, 5) is 8.16. The van der Waals surface area contributed by atoms with Gasteiger partial charge in [0.2, 0.25) is 0 Å². The second kappa shape index (κ2) is 5.81. The Morgan fingerprint density at radius 2 is 1.96 bits per heavy atom. The van der Waals surface area contributed by atoms with Gasteiger partial charge in [-0.3, -0.25) is 0 Å². The Bertz CT molecular complexity index is 858. The standard InChI is InChI=1S/C14H8F3N5S/c15-14(16,17)10-3-1-9(2-4-10)13-20-11(7-23-13)6-22-8-19-12(5-18)21-22/h1-4,7-8H,6H2. The molecule has 3 aromatic rings. The van der Waals surface area contributed by atoms with Crippen LogP contribution in [0.4, 0.5) is 13.2 Å². The molecule has 0 aliphatic carbocycles. The molecule has 3 rings (SSSR count). The van der Waals surface area contributed by atoms with E-state index < -0.39 is 11.7 Å². The lowest BCUT2D eigenvalue weighted by Crippen LogP contribution is -2.04. The summed E-state index contributed by atoms with van der Waals surface area (Å²) in [5, 5.41) is 15.0. The van der Waals surface area contributed by atoms with Crippen LogP contribution in [0.1, 0.15) is 17.1 Å². The lowest BCUT2D eigenvalue weighted by molar-refractivity contribution is -0.137. The third-order valence-corrected chi connectivity index (χ3v) is 3.91. The Labute approximate surface area is 132 Å². The van der Waals surface area contributed by atoms with Crippen LogP contribution in [0.5, 0.6) is 0 Å². The highest BCUT2D eigenvalue weighted by Gasteiger charge is 2.30. The fraction of sp³-hybridized carbons (Fsp3) is 0.143. The Morgan fingerprint density at radius 1 is 1.22 bits per heavy atom. The van der Waals surface area contributed by atoms with Crippen molar-refractivity contribution in [2.24, 2.45) is 0 Å². The van der Waals surface area contributed by atoms with Crippen molar-refractivity contribution < 1.29 is 13.2 Å². The van der Waals surface area contributed by atoms with Crippen LogP contribution in [0, 0.1) is 11.3 Å². The maximum absolute atomic E-state index is 12.5. The average molecular weight is 335 g/mol. The number of halogens is 3. The molecule has 0 radical (unpaired) electrons. The van der Waals surface area contributed by atoms with Gasteiger partial charge in [0.15, 0.2) is 0 Å². The number of nitriles is 1. The number of alkyl halides is 3. The van der Waals surface area contributed by atoms with Crippen molar-refractivity contribution in [1.82, 2.24) is 19.7 Å². The Kier molecular flexibility index (Phi) is 3.83. The number of nitrogens with zero attached hydrogens (tertiary/aromatic N) is 5. The first-order valence-electron chi connectivity index (χ1n) is 6.37. The molecule has 0 aliphatic rings. The molecule has 0 spiro atoms. The molecule has 0 saturated carbocycles. The van der Waals surface area contributed by atoms with Gasteiger partial charge in [-0.1, -0.05) is 12.1 Å². The largest absolute Gasteiger partial charge is 0.416 e. The maximum atomic E-state index is 12.5. The third kappa shape index (κ3) is 3.37. The SMILES string of the molecule is N#Cc1ncn(Cc2csc(-c3ccc(C(F)(F)F)cc3)n2)n1. The molecule has 9 heteroatoms. The molecule has 0 fully saturated rings. The maximum Gasteiger partial charge on any atom is 0.416 e. The minimum Gasteiger partial charge on any atom is -0.246 e. The van der Waals surface area contributed by atoms with Crippen LogP contribution in [-0.4, -0.2) is 19.7 Å². The number of hydrogen-bond donors (Lipinski definition) is 0. The van der Waals surface area contributed by atoms with Crippen molar-refractivity contribution in [1.29, 1.82) is 5.26 Å². The van der Waals surface area contributed by atoms with E-state index in [0.717, 1.165) is 12.1 Å². The van der Waals surface area contributed by atoms with Crippen LogP contribution in [0.25, 0.3) is 10.6 Å². The van der Waals surface area contributed by atoms with Crippen molar-refractivity contribution in [3.05, 3.63) is 53.1 Å². The quantitative estimate of drug-likeness (QED) is 0.736. The second-order valence-corrected chi connectivity index (χ2v) is 5.45. The predicted molar refractivity (Wildman–Crippen MR) is 76.4 cm³/mol. The lowest BCUT2D eigenvalue weighted by atomic mass is 10.1. The van der Waals surface area contributed by atoms with Gasteiger partial charge < -0.3 is 0 Å². The van der Waals surface area contributed by atoms with Crippen LogP contribution >= 0.6 is 11.3 Å². The summed E-state index contributed by atoms with van der Waals surface area (Å²) in [5.74, 6) is 0.0724. The molecule has 0 bridgehead atoms. The molecule has 0 unspecified atom stereocenters. The number of aromatic nitrogens is 4. The smallest absolute Gasteiger partial charge is 0.246 e. The van der Waals surface area contributed by atoms with E-state index in [2.05, 4.69) is 15.1 Å². The molecule has 2 aromatic heterocycles. The second-order valence-electron chi connectivity index (χ2n) is 4.60. The third-order valence-electron chi connectivity index (χ3n) is 2.97. The highest BCUT2D eigenvalue weighted by molar-refractivity contribution is 7.13. The summed E-state index contributed by atoms with van der Waals surface area (Å²) in [7, 11) is 0. The molecule has 0 atom stereocenters. The minimum absolute atomic E-state index is 0.0724. The molecule has 0 saturated heterocycles. The molecule has 23 heavy (non-hydrogen) atoms. The van der Waals surface area contributed by atoms with Crippen LogP contribution in [-0.2, 0) is 12.7 Å². The van der Waals surface area contributed by atoms with E-state index in [9.17, 15) is 13.2 Å². The summed E-state index contributed by atoms with van der Waals surface area (Å²) < 4.78 is 39.1. The van der Waals surface area contributed by atoms with E-state index in [1.54, 1.807) is 5.38 Å². The van der Waals surface area contributed by atoms with Gasteiger partial charge in [0.1, 0.15) is 17.4 Å². The monoisotopic (exact) mass is 335 g/mol. The van der Waals surface area contributed by atoms with Crippen molar-refractivity contribution in [3.8, 4) is 16.6 Å². The van der Waals surface area contributed by atoms with Gasteiger partial charge in [0.05, 0.1) is 17.8 Å². The van der Waals surface area contributed by atoms with Crippen molar-refractivity contribution >= 4 is 11.3 Å². The fourth-order valence-corrected chi connectivity index (χ4v) is 2.72. The first-order valence-corrected chi connectivity index (χ1v) is 7.25. The number of hydrogen-bond acceptors (Lipinski definition) is 5. The van der Waals surface area contributed by atoms with E-state index in [1.165, 1.54) is 34.5 Å². The molecule has 0 aliphatic heterocycles. The predicted octanol–water partition coefficient (Wildman–Crippen LogP) is 3.34. The summed E-state index contributed by atoms with van der Waals surface area (Å²) in [6.07, 6.45) is -2.92. The van der Waals surface area contributed by atoms with Gasteiger partial charge in [-0.05, 0) is 12.1 Å². The molecular formula is C14H8F3N5S. The number of benzene rings is 1. The molecule has 2 heterocycles. The normalized spacial score (nSPS) is 11.4. The summed E-state index contributed by atoms with van der Waals surface area (Å²) >= 11 is 1.33. The van der Waals surface area contributed by atoms with Crippen LogP contribution in [0.15, 0.2) is 36.0 Å². The van der Waals surface area contributed by atoms with E-state index in [4.69, 9.17) is 5.26 Å². The zero-order valence-electron chi connectivity index (χ0n) is 11.4. The summed E-state index contributed by atoms with van der Waals surface area (Å²) in [6, 6.07) is 6.69. The highest BCUT2D eigenvalue weighted by atomic mass is 32.1. The number of rotatable bonds is 3. The molecule has 5 nitrogen and oxygen atoms in total. The van der Waals surface area contributed by atoms with Crippen molar-refractivity contribution in [2.45, 2.75) is 12.7 Å². The van der Waals surface area contributed by atoms with E-state index in [1.807, 2.05) is 6.07 Å². The van der Waals surface area contributed by atoms with Crippen LogP contribution in [0.2, 0.25) is 0 Å². The zero-order chi connectivity index (χ0) is 16.4. The minimum atomic E-state index is -4.35. The summed E-state index contributed by atoms with van der Waals surface area (Å²) in [5.41, 5.74) is 0.620. The van der Waals surface area contributed by atoms with Gasteiger partial charge in [0, 0.05) is 10.9 Å². The molecule has 0 amide bonds. The van der Waals surface area contributed by atoms with E-state index in [0.29, 0.717) is 22.8 Å². The Balaban J connectivity index is 1.77. The molecule has 0 N–H and O–H groups in total. The fourth-order valence-electron chi connectivity index (χ4n) is 1.90. The van der Waals surface area contributed by atoms with Crippen molar-refractivity contribution in [2.75, 3.05) is 0 Å². The van der Waals surface area contributed by atoms with Gasteiger partial charge in [-0.2, -0.15) is 18.4 Å². The van der Waals surface area contributed by atoms with E-state index in [-0.39, 0.29) is 5.82 Å². The Hall–Kier alpha value is -2.73. The first kappa shape index (κ1) is 15.2. The van der Waals surface area contributed by atoms with Gasteiger partial charge >= 0.3 is 6.18 Å². The van der Waals surface area contributed by atoms with Crippen molar-refractivity contribution in [3.63, 3.8) is 0 Å². The average Bonchev–Trinajstić information content (AvgIpc) is 3.16. The molecule has 116 valence electrons. The topological polar surface area (TPSA) is 67.4 Å². The number of thiazole rings is 1. The van der Waals surface area contributed by atoms with Gasteiger partial charge in [0.25, 0.3) is 5.82 Å². The van der Waals surface area contributed by atoms with Crippen LogP contribution in [0.3, 0.4) is 0 Å². The lowest BCUT2D eigenvalue weighted by Gasteiger charge is -2.06. The van der Waals surface area contributed by atoms with Gasteiger partial charge in [-0.25, -0.2) is 14.6 Å². The first-order chi connectivity index (χ1) is 11.0. The molecule has 1 aromatic carbocycles.